The van der Waals surface area contributed by atoms with E-state index in [2.05, 4.69) is 20.5 Å². The Balaban J connectivity index is 1.63. The molecule has 0 aliphatic heterocycles. The number of nitrogens with zero attached hydrogens (tertiary/aromatic N) is 3. The van der Waals surface area contributed by atoms with Crippen molar-refractivity contribution >= 4 is 23.3 Å². The van der Waals surface area contributed by atoms with Crippen LogP contribution in [0.4, 0.5) is 6.01 Å². The van der Waals surface area contributed by atoms with Crippen molar-refractivity contribution in [3.63, 3.8) is 0 Å². The molecular formula is C15H14N4O3S. The molecule has 7 nitrogen and oxygen atoms in total. The highest BCUT2D eigenvalue weighted by atomic mass is 32.1. The highest BCUT2D eigenvalue weighted by molar-refractivity contribution is 7.09. The molecule has 0 saturated heterocycles. The fourth-order valence-electron chi connectivity index (χ4n) is 1.80. The largest absolute Gasteiger partial charge is 0.481 e. The number of benzene rings is 1. The van der Waals surface area contributed by atoms with Crippen LogP contribution in [0.2, 0.25) is 0 Å². The standard InChI is InChI=1S/C15H14N4O3S/c1-9(21-11-6-4-3-5-7-11)13(20)17-15-19-18-14(22-15)12-8-23-10(2)16-12/h3-9H,1-2H3,(H,17,19,20). The number of hydrogen-bond acceptors (Lipinski definition) is 7. The van der Waals surface area contributed by atoms with Gasteiger partial charge in [0.15, 0.2) is 6.10 Å². The van der Waals surface area contributed by atoms with Gasteiger partial charge in [0.2, 0.25) is 0 Å². The smallest absolute Gasteiger partial charge is 0.322 e. The zero-order chi connectivity index (χ0) is 16.2. The number of carbonyl (C=O) groups is 1. The van der Waals surface area contributed by atoms with Gasteiger partial charge >= 0.3 is 6.01 Å². The summed E-state index contributed by atoms with van der Waals surface area (Å²) in [5.74, 6) is 0.499. The van der Waals surface area contributed by atoms with E-state index in [1.807, 2.05) is 30.5 Å². The molecule has 118 valence electrons. The van der Waals surface area contributed by atoms with Gasteiger partial charge in [-0.3, -0.25) is 10.1 Å². The molecular weight excluding hydrogens is 316 g/mol. The molecule has 1 aromatic carbocycles. The van der Waals surface area contributed by atoms with E-state index in [0.717, 1.165) is 5.01 Å². The Morgan fingerprint density at radius 2 is 2.09 bits per heavy atom. The molecule has 0 bridgehead atoms. The van der Waals surface area contributed by atoms with Crippen LogP contribution in [0.25, 0.3) is 11.6 Å². The second-order valence-corrected chi connectivity index (χ2v) is 5.79. The first-order chi connectivity index (χ1) is 11.1. The van der Waals surface area contributed by atoms with Crippen LogP contribution in [0.1, 0.15) is 11.9 Å². The summed E-state index contributed by atoms with van der Waals surface area (Å²) in [5.41, 5.74) is 0.592. The van der Waals surface area contributed by atoms with E-state index >= 15 is 0 Å². The monoisotopic (exact) mass is 330 g/mol. The molecule has 1 N–H and O–H groups in total. The highest BCUT2D eigenvalue weighted by Gasteiger charge is 2.18. The summed E-state index contributed by atoms with van der Waals surface area (Å²) in [7, 11) is 0. The summed E-state index contributed by atoms with van der Waals surface area (Å²) in [4.78, 5) is 16.3. The lowest BCUT2D eigenvalue weighted by molar-refractivity contribution is -0.122. The van der Waals surface area contributed by atoms with E-state index in [9.17, 15) is 4.79 Å². The molecule has 0 spiro atoms. The van der Waals surface area contributed by atoms with Gasteiger partial charge < -0.3 is 9.15 Å². The van der Waals surface area contributed by atoms with Crippen LogP contribution < -0.4 is 10.1 Å². The molecule has 8 heteroatoms. The number of aryl methyl sites for hydroxylation is 1. The first-order valence-electron chi connectivity index (χ1n) is 6.90. The van der Waals surface area contributed by atoms with Gasteiger partial charge in [-0.05, 0) is 26.0 Å². The quantitative estimate of drug-likeness (QED) is 0.773. The number of carbonyl (C=O) groups excluding carboxylic acids is 1. The van der Waals surface area contributed by atoms with Crippen LogP contribution in [-0.2, 0) is 4.79 Å². The summed E-state index contributed by atoms with van der Waals surface area (Å²) in [6.07, 6.45) is -0.700. The molecule has 2 heterocycles. The van der Waals surface area contributed by atoms with Crippen LogP contribution >= 0.6 is 11.3 Å². The number of thiazole rings is 1. The number of ether oxygens (including phenoxy) is 1. The van der Waals surface area contributed by atoms with Gasteiger partial charge in [-0.15, -0.1) is 16.4 Å². The van der Waals surface area contributed by atoms with E-state index in [-0.39, 0.29) is 17.8 Å². The maximum Gasteiger partial charge on any atom is 0.322 e. The van der Waals surface area contributed by atoms with Crippen molar-refractivity contribution in [3.05, 3.63) is 40.7 Å². The predicted molar refractivity (Wildman–Crippen MR) is 85.3 cm³/mol. The fourth-order valence-corrected chi connectivity index (χ4v) is 2.39. The number of rotatable bonds is 5. The number of nitrogens with one attached hydrogen (secondary N) is 1. The normalized spacial score (nSPS) is 11.9. The Morgan fingerprint density at radius 3 is 2.78 bits per heavy atom. The second-order valence-electron chi connectivity index (χ2n) is 4.73. The Bertz CT molecular complexity index is 800. The average Bonchev–Trinajstić information content (AvgIpc) is 3.17. The summed E-state index contributed by atoms with van der Waals surface area (Å²) in [6.45, 7) is 3.53. The van der Waals surface area contributed by atoms with Crippen molar-refractivity contribution in [1.29, 1.82) is 0 Å². The third kappa shape index (κ3) is 3.72. The van der Waals surface area contributed by atoms with E-state index in [1.165, 1.54) is 11.3 Å². The maximum atomic E-state index is 12.1. The molecule has 0 radical (unpaired) electrons. The number of para-hydroxylation sites is 1. The van der Waals surface area contributed by atoms with Crippen molar-refractivity contribution in [3.8, 4) is 17.3 Å². The summed E-state index contributed by atoms with van der Waals surface area (Å²) in [6, 6.07) is 9.11. The summed E-state index contributed by atoms with van der Waals surface area (Å²) in [5, 5.41) is 12.9. The summed E-state index contributed by atoms with van der Waals surface area (Å²) < 4.78 is 10.9. The Kier molecular flexibility index (Phi) is 4.33. The average molecular weight is 330 g/mol. The molecule has 0 aliphatic carbocycles. The lowest BCUT2D eigenvalue weighted by Crippen LogP contribution is -2.30. The van der Waals surface area contributed by atoms with Gasteiger partial charge in [0.25, 0.3) is 11.8 Å². The predicted octanol–water partition coefficient (Wildman–Crippen LogP) is 2.91. The zero-order valence-electron chi connectivity index (χ0n) is 12.5. The van der Waals surface area contributed by atoms with E-state index in [4.69, 9.17) is 9.15 Å². The fraction of sp³-hybridized carbons (Fsp3) is 0.200. The molecule has 3 aromatic rings. The van der Waals surface area contributed by atoms with Gasteiger partial charge in [-0.2, -0.15) is 0 Å². The van der Waals surface area contributed by atoms with Crippen LogP contribution in [0.5, 0.6) is 5.75 Å². The highest BCUT2D eigenvalue weighted by Crippen LogP contribution is 2.21. The molecule has 0 saturated carbocycles. The van der Waals surface area contributed by atoms with Crippen LogP contribution in [0, 0.1) is 6.92 Å². The third-order valence-electron chi connectivity index (χ3n) is 2.92. The van der Waals surface area contributed by atoms with Crippen LogP contribution in [0.15, 0.2) is 40.1 Å². The second kappa shape index (κ2) is 6.57. The Labute approximate surface area is 136 Å². The molecule has 1 amide bonds. The van der Waals surface area contributed by atoms with Crippen molar-refractivity contribution in [2.75, 3.05) is 5.32 Å². The van der Waals surface area contributed by atoms with Gasteiger partial charge in [-0.1, -0.05) is 23.3 Å². The van der Waals surface area contributed by atoms with Crippen molar-refractivity contribution < 1.29 is 13.9 Å². The number of hydrogen-bond donors (Lipinski definition) is 1. The van der Waals surface area contributed by atoms with Crippen LogP contribution in [0.3, 0.4) is 0 Å². The molecule has 1 atom stereocenters. The van der Waals surface area contributed by atoms with Gasteiger partial charge in [0.05, 0.1) is 5.01 Å². The minimum absolute atomic E-state index is 0.0131. The van der Waals surface area contributed by atoms with Gasteiger partial charge in [0, 0.05) is 5.38 Å². The minimum Gasteiger partial charge on any atom is -0.481 e. The van der Waals surface area contributed by atoms with E-state index in [0.29, 0.717) is 11.4 Å². The van der Waals surface area contributed by atoms with Crippen LogP contribution in [-0.4, -0.2) is 27.2 Å². The van der Waals surface area contributed by atoms with Gasteiger partial charge in [-0.25, -0.2) is 4.98 Å². The van der Waals surface area contributed by atoms with Gasteiger partial charge in [0.1, 0.15) is 11.4 Å². The Hall–Kier alpha value is -2.74. The number of anilines is 1. The third-order valence-corrected chi connectivity index (χ3v) is 3.69. The molecule has 0 aliphatic rings. The van der Waals surface area contributed by atoms with E-state index in [1.54, 1.807) is 19.1 Å². The van der Waals surface area contributed by atoms with Crippen molar-refractivity contribution in [2.45, 2.75) is 20.0 Å². The molecule has 3 rings (SSSR count). The molecule has 23 heavy (non-hydrogen) atoms. The minimum atomic E-state index is -0.700. The first-order valence-corrected chi connectivity index (χ1v) is 7.78. The van der Waals surface area contributed by atoms with E-state index < -0.39 is 6.10 Å². The number of aromatic nitrogens is 3. The summed E-state index contributed by atoms with van der Waals surface area (Å²) >= 11 is 1.48. The first kappa shape index (κ1) is 15.2. The van der Waals surface area contributed by atoms with Crippen molar-refractivity contribution in [2.24, 2.45) is 0 Å². The zero-order valence-corrected chi connectivity index (χ0v) is 13.3. The molecule has 2 aromatic heterocycles. The molecule has 1 unspecified atom stereocenters. The lowest BCUT2D eigenvalue weighted by Gasteiger charge is -2.12. The molecule has 0 fully saturated rings. The van der Waals surface area contributed by atoms with Crippen molar-refractivity contribution in [1.82, 2.24) is 15.2 Å². The number of amides is 1. The Morgan fingerprint density at radius 1 is 1.30 bits per heavy atom. The SMILES string of the molecule is Cc1nc(-c2nnc(NC(=O)C(C)Oc3ccccc3)o2)cs1. The maximum absolute atomic E-state index is 12.1. The topological polar surface area (TPSA) is 90.1 Å². The lowest BCUT2D eigenvalue weighted by atomic mass is 10.3.